The van der Waals surface area contributed by atoms with Crippen LogP contribution in [0.15, 0.2) is 57.5 Å². The standard InChI is InChI=1S/C16H18Br2N2/c1-19-15(11-3-7-13(17)8-4-11)16(20-2)12-5-9-14(18)10-6-12/h3-10,15-16,19-20H,1-2H3/t15-,16-/m0/s1. The monoisotopic (exact) mass is 396 g/mol. The summed E-state index contributed by atoms with van der Waals surface area (Å²) in [5.41, 5.74) is 2.52. The maximum atomic E-state index is 3.48. The van der Waals surface area contributed by atoms with Crippen molar-refractivity contribution in [2.24, 2.45) is 0 Å². The number of rotatable bonds is 5. The third-order valence-corrected chi connectivity index (χ3v) is 4.47. The Kier molecular flexibility index (Phi) is 5.78. The fraction of sp³-hybridized carbons (Fsp3) is 0.250. The normalized spacial score (nSPS) is 14.0. The van der Waals surface area contributed by atoms with Gasteiger partial charge >= 0.3 is 0 Å². The van der Waals surface area contributed by atoms with Gasteiger partial charge in [-0.2, -0.15) is 0 Å². The summed E-state index contributed by atoms with van der Waals surface area (Å²) >= 11 is 6.96. The lowest BCUT2D eigenvalue weighted by atomic mass is 9.93. The van der Waals surface area contributed by atoms with E-state index in [9.17, 15) is 0 Å². The van der Waals surface area contributed by atoms with Crippen LogP contribution in [0.25, 0.3) is 0 Å². The third-order valence-electron chi connectivity index (χ3n) is 3.41. The molecule has 0 saturated heterocycles. The molecule has 0 amide bonds. The number of hydrogen-bond acceptors (Lipinski definition) is 2. The number of likely N-dealkylation sites (N-methyl/N-ethyl adjacent to an activating group) is 2. The highest BCUT2D eigenvalue weighted by Gasteiger charge is 2.21. The first-order chi connectivity index (χ1) is 9.65. The molecule has 0 aliphatic heterocycles. The van der Waals surface area contributed by atoms with Crippen LogP contribution in [0.1, 0.15) is 23.2 Å². The van der Waals surface area contributed by atoms with Crippen LogP contribution in [0, 0.1) is 0 Å². The van der Waals surface area contributed by atoms with Crippen LogP contribution in [0.3, 0.4) is 0 Å². The minimum absolute atomic E-state index is 0.217. The Morgan fingerprint density at radius 3 is 1.20 bits per heavy atom. The summed E-state index contributed by atoms with van der Waals surface area (Å²) in [4.78, 5) is 0. The molecular weight excluding hydrogens is 380 g/mol. The van der Waals surface area contributed by atoms with E-state index in [0.29, 0.717) is 0 Å². The number of halogens is 2. The lowest BCUT2D eigenvalue weighted by molar-refractivity contribution is 0.432. The van der Waals surface area contributed by atoms with Crippen molar-refractivity contribution in [2.45, 2.75) is 12.1 Å². The zero-order valence-corrected chi connectivity index (χ0v) is 14.7. The summed E-state index contributed by atoms with van der Waals surface area (Å²) in [6.07, 6.45) is 0. The molecule has 2 N–H and O–H groups in total. The molecule has 106 valence electrons. The van der Waals surface area contributed by atoms with E-state index in [0.717, 1.165) is 8.95 Å². The van der Waals surface area contributed by atoms with Gasteiger partial charge in [0.1, 0.15) is 0 Å². The van der Waals surface area contributed by atoms with Crippen LogP contribution in [-0.4, -0.2) is 14.1 Å². The molecule has 2 atom stereocenters. The van der Waals surface area contributed by atoms with Crippen molar-refractivity contribution >= 4 is 31.9 Å². The Hall–Kier alpha value is -0.680. The molecule has 0 aliphatic carbocycles. The average molecular weight is 398 g/mol. The van der Waals surface area contributed by atoms with Crippen molar-refractivity contribution < 1.29 is 0 Å². The molecule has 0 aromatic heterocycles. The van der Waals surface area contributed by atoms with Gasteiger partial charge in [0.05, 0.1) is 12.1 Å². The largest absolute Gasteiger partial charge is 0.311 e. The molecule has 0 bridgehead atoms. The van der Waals surface area contributed by atoms with Gasteiger partial charge in [0.15, 0.2) is 0 Å². The van der Waals surface area contributed by atoms with Crippen molar-refractivity contribution in [3.63, 3.8) is 0 Å². The summed E-state index contributed by atoms with van der Waals surface area (Å²) in [5, 5.41) is 6.82. The maximum Gasteiger partial charge on any atom is 0.0515 e. The summed E-state index contributed by atoms with van der Waals surface area (Å²) in [6, 6.07) is 17.3. The number of hydrogen-bond donors (Lipinski definition) is 2. The summed E-state index contributed by atoms with van der Waals surface area (Å²) in [7, 11) is 3.99. The van der Waals surface area contributed by atoms with Crippen LogP contribution in [-0.2, 0) is 0 Å². The second-order valence-corrected chi connectivity index (χ2v) is 6.47. The maximum absolute atomic E-state index is 3.48. The molecule has 0 fully saturated rings. The zero-order valence-electron chi connectivity index (χ0n) is 11.5. The molecule has 0 aliphatic rings. The van der Waals surface area contributed by atoms with Crippen LogP contribution < -0.4 is 10.6 Å². The van der Waals surface area contributed by atoms with Crippen molar-refractivity contribution in [2.75, 3.05) is 14.1 Å². The van der Waals surface area contributed by atoms with E-state index < -0.39 is 0 Å². The van der Waals surface area contributed by atoms with Gasteiger partial charge in [0, 0.05) is 8.95 Å². The second kappa shape index (κ2) is 7.36. The molecule has 0 spiro atoms. The van der Waals surface area contributed by atoms with Crippen molar-refractivity contribution in [1.82, 2.24) is 10.6 Å². The number of benzene rings is 2. The number of nitrogens with one attached hydrogen (secondary N) is 2. The van der Waals surface area contributed by atoms with Crippen molar-refractivity contribution in [3.8, 4) is 0 Å². The molecule has 0 unspecified atom stereocenters. The van der Waals surface area contributed by atoms with E-state index in [-0.39, 0.29) is 12.1 Å². The lowest BCUT2D eigenvalue weighted by Crippen LogP contribution is -2.31. The highest BCUT2D eigenvalue weighted by molar-refractivity contribution is 9.10. The SMILES string of the molecule is CN[C@@H](c1ccc(Br)cc1)[C@@H](NC)c1ccc(Br)cc1. The smallest absolute Gasteiger partial charge is 0.0515 e. The van der Waals surface area contributed by atoms with Gasteiger partial charge in [0.2, 0.25) is 0 Å². The molecule has 20 heavy (non-hydrogen) atoms. The lowest BCUT2D eigenvalue weighted by Gasteiger charge is -2.27. The molecule has 2 nitrogen and oxygen atoms in total. The molecule has 4 heteroatoms. The van der Waals surface area contributed by atoms with Crippen LogP contribution >= 0.6 is 31.9 Å². The predicted molar refractivity (Wildman–Crippen MR) is 91.9 cm³/mol. The van der Waals surface area contributed by atoms with Gasteiger partial charge < -0.3 is 10.6 Å². The minimum Gasteiger partial charge on any atom is -0.311 e. The van der Waals surface area contributed by atoms with Gasteiger partial charge in [-0.3, -0.25) is 0 Å². The van der Waals surface area contributed by atoms with Crippen LogP contribution in [0.4, 0.5) is 0 Å². The van der Waals surface area contributed by atoms with Crippen LogP contribution in [0.2, 0.25) is 0 Å². The van der Waals surface area contributed by atoms with Gasteiger partial charge in [-0.15, -0.1) is 0 Å². The quantitative estimate of drug-likeness (QED) is 0.779. The molecule has 2 rings (SSSR count). The van der Waals surface area contributed by atoms with Crippen molar-refractivity contribution in [1.29, 1.82) is 0 Å². The first-order valence-corrected chi connectivity index (χ1v) is 8.09. The Balaban J connectivity index is 2.32. The van der Waals surface area contributed by atoms with E-state index in [2.05, 4.69) is 91.0 Å². The highest BCUT2D eigenvalue weighted by Crippen LogP contribution is 2.29. The second-order valence-electron chi connectivity index (χ2n) is 4.64. The summed E-state index contributed by atoms with van der Waals surface area (Å²) in [6.45, 7) is 0. The zero-order chi connectivity index (χ0) is 14.5. The van der Waals surface area contributed by atoms with E-state index in [1.54, 1.807) is 0 Å². The molecule has 2 aromatic rings. The summed E-state index contributed by atoms with van der Waals surface area (Å²) in [5.74, 6) is 0. The first-order valence-electron chi connectivity index (χ1n) is 6.51. The molecule has 0 heterocycles. The topological polar surface area (TPSA) is 24.1 Å². The van der Waals surface area contributed by atoms with E-state index in [4.69, 9.17) is 0 Å². The van der Waals surface area contributed by atoms with Gasteiger partial charge in [-0.25, -0.2) is 0 Å². The van der Waals surface area contributed by atoms with Gasteiger partial charge in [-0.05, 0) is 49.5 Å². The molecule has 0 saturated carbocycles. The molecule has 0 radical (unpaired) electrons. The molecule has 2 aromatic carbocycles. The Morgan fingerprint density at radius 1 is 0.650 bits per heavy atom. The van der Waals surface area contributed by atoms with Crippen LogP contribution in [0.5, 0.6) is 0 Å². The predicted octanol–water partition coefficient (Wildman–Crippen LogP) is 4.43. The Bertz CT molecular complexity index is 486. The summed E-state index contributed by atoms with van der Waals surface area (Å²) < 4.78 is 2.20. The first kappa shape index (κ1) is 15.7. The van der Waals surface area contributed by atoms with Crippen molar-refractivity contribution in [3.05, 3.63) is 68.6 Å². The fourth-order valence-corrected chi connectivity index (χ4v) is 2.92. The highest BCUT2D eigenvalue weighted by atomic mass is 79.9. The van der Waals surface area contributed by atoms with E-state index in [1.807, 2.05) is 14.1 Å². The third kappa shape index (κ3) is 3.70. The van der Waals surface area contributed by atoms with E-state index in [1.165, 1.54) is 11.1 Å². The fourth-order valence-electron chi connectivity index (χ4n) is 2.39. The Morgan fingerprint density at radius 2 is 0.950 bits per heavy atom. The average Bonchev–Trinajstić information content (AvgIpc) is 2.47. The Labute approximate surface area is 137 Å². The van der Waals surface area contributed by atoms with Gasteiger partial charge in [-0.1, -0.05) is 56.1 Å². The minimum atomic E-state index is 0.217. The van der Waals surface area contributed by atoms with E-state index >= 15 is 0 Å². The molecular formula is C16H18Br2N2. The van der Waals surface area contributed by atoms with Gasteiger partial charge in [0.25, 0.3) is 0 Å².